The third-order valence-electron chi connectivity index (χ3n) is 1.88. The first-order chi connectivity index (χ1) is 4.33. The predicted octanol–water partition coefficient (Wildman–Crippen LogP) is 0.287. The Kier molecular flexibility index (Phi) is 2.49. The zero-order chi connectivity index (χ0) is 6.69. The molecule has 54 valence electrons. The van der Waals surface area contributed by atoms with Gasteiger partial charge in [0, 0.05) is 13.1 Å². The van der Waals surface area contributed by atoms with Crippen LogP contribution in [0.5, 0.6) is 0 Å². The van der Waals surface area contributed by atoms with Crippen molar-refractivity contribution >= 4 is 0 Å². The third-order valence-corrected chi connectivity index (χ3v) is 1.88. The van der Waals surface area contributed by atoms with Crippen molar-refractivity contribution < 1.29 is 0 Å². The van der Waals surface area contributed by atoms with Crippen LogP contribution < -0.4 is 5.73 Å². The molecule has 2 nitrogen and oxygen atoms in total. The van der Waals surface area contributed by atoms with Gasteiger partial charge in [0.1, 0.15) is 0 Å². The highest BCUT2D eigenvalue weighted by Gasteiger charge is 2.16. The topological polar surface area (TPSA) is 29.0 Å². The molecular formula is C7H16N2. The smallest absolute Gasteiger partial charge is 0.0110 e. The maximum atomic E-state index is 5.46. The van der Waals surface area contributed by atoms with Crippen LogP contribution in [0.4, 0.5) is 0 Å². The van der Waals surface area contributed by atoms with Crippen molar-refractivity contribution in [2.45, 2.75) is 13.3 Å². The van der Waals surface area contributed by atoms with Crippen LogP contribution in [0, 0.1) is 5.92 Å². The van der Waals surface area contributed by atoms with E-state index in [0.29, 0.717) is 5.92 Å². The summed E-state index contributed by atoms with van der Waals surface area (Å²) < 4.78 is 0. The second-order valence-corrected chi connectivity index (χ2v) is 2.97. The van der Waals surface area contributed by atoms with Crippen molar-refractivity contribution in [2.24, 2.45) is 11.7 Å². The summed E-state index contributed by atoms with van der Waals surface area (Å²) in [7, 11) is 0. The molecule has 1 saturated heterocycles. The van der Waals surface area contributed by atoms with Crippen molar-refractivity contribution in [3.05, 3.63) is 0 Å². The SMILES string of the molecule is CC(CN)CCN1CC1. The van der Waals surface area contributed by atoms with Gasteiger partial charge in [-0.25, -0.2) is 0 Å². The van der Waals surface area contributed by atoms with Gasteiger partial charge in [-0.15, -0.1) is 0 Å². The van der Waals surface area contributed by atoms with Gasteiger partial charge in [-0.2, -0.15) is 0 Å². The summed E-state index contributed by atoms with van der Waals surface area (Å²) in [5.74, 6) is 0.714. The first kappa shape index (κ1) is 7.03. The normalized spacial score (nSPS) is 22.0. The number of rotatable bonds is 4. The van der Waals surface area contributed by atoms with Crippen LogP contribution in [-0.2, 0) is 0 Å². The van der Waals surface area contributed by atoms with Crippen molar-refractivity contribution in [3.8, 4) is 0 Å². The Bertz CT molecular complexity index is 79.0. The van der Waals surface area contributed by atoms with E-state index in [4.69, 9.17) is 5.73 Å². The van der Waals surface area contributed by atoms with Gasteiger partial charge in [0.05, 0.1) is 0 Å². The predicted molar refractivity (Wildman–Crippen MR) is 39.3 cm³/mol. The summed E-state index contributed by atoms with van der Waals surface area (Å²) >= 11 is 0. The first-order valence-electron chi connectivity index (χ1n) is 3.75. The lowest BCUT2D eigenvalue weighted by molar-refractivity contribution is 0.451. The van der Waals surface area contributed by atoms with Gasteiger partial charge < -0.3 is 10.6 Å². The largest absolute Gasteiger partial charge is 0.330 e. The van der Waals surface area contributed by atoms with Crippen molar-refractivity contribution in [2.75, 3.05) is 26.2 Å². The summed E-state index contributed by atoms with van der Waals surface area (Å²) in [5.41, 5.74) is 5.46. The second kappa shape index (κ2) is 3.18. The van der Waals surface area contributed by atoms with Crippen LogP contribution in [0.1, 0.15) is 13.3 Å². The summed E-state index contributed by atoms with van der Waals surface area (Å²) in [5, 5.41) is 0. The zero-order valence-corrected chi connectivity index (χ0v) is 6.14. The van der Waals surface area contributed by atoms with E-state index in [1.807, 2.05) is 0 Å². The lowest BCUT2D eigenvalue weighted by atomic mass is 10.1. The van der Waals surface area contributed by atoms with E-state index in [1.54, 1.807) is 0 Å². The third kappa shape index (κ3) is 2.82. The Morgan fingerprint density at radius 2 is 2.22 bits per heavy atom. The van der Waals surface area contributed by atoms with E-state index in [-0.39, 0.29) is 0 Å². The van der Waals surface area contributed by atoms with Gasteiger partial charge in [0.15, 0.2) is 0 Å². The molecule has 9 heavy (non-hydrogen) atoms. The quantitative estimate of drug-likeness (QED) is 0.551. The molecule has 0 aliphatic carbocycles. The molecule has 0 aromatic carbocycles. The Morgan fingerprint density at radius 1 is 1.56 bits per heavy atom. The Hall–Kier alpha value is -0.0800. The average Bonchev–Trinajstić information content (AvgIpc) is 2.65. The second-order valence-electron chi connectivity index (χ2n) is 2.97. The van der Waals surface area contributed by atoms with Gasteiger partial charge >= 0.3 is 0 Å². The lowest BCUT2D eigenvalue weighted by Crippen LogP contribution is -2.14. The van der Waals surface area contributed by atoms with Crippen molar-refractivity contribution in [1.29, 1.82) is 0 Å². The molecule has 0 saturated carbocycles. The van der Waals surface area contributed by atoms with Gasteiger partial charge in [0.25, 0.3) is 0 Å². The van der Waals surface area contributed by atoms with Crippen molar-refractivity contribution in [3.63, 3.8) is 0 Å². The highest BCUT2D eigenvalue weighted by atomic mass is 15.2. The molecule has 1 atom stereocenters. The van der Waals surface area contributed by atoms with E-state index in [2.05, 4.69) is 11.8 Å². The molecule has 1 unspecified atom stereocenters. The highest BCUT2D eigenvalue weighted by Crippen LogP contribution is 2.07. The Morgan fingerprint density at radius 3 is 2.67 bits per heavy atom. The molecular weight excluding hydrogens is 112 g/mol. The van der Waals surface area contributed by atoms with E-state index in [1.165, 1.54) is 26.1 Å². The average molecular weight is 128 g/mol. The first-order valence-corrected chi connectivity index (χ1v) is 3.75. The maximum Gasteiger partial charge on any atom is 0.0110 e. The molecule has 0 spiro atoms. The van der Waals surface area contributed by atoms with Crippen LogP contribution in [0.15, 0.2) is 0 Å². The molecule has 0 aromatic heterocycles. The van der Waals surface area contributed by atoms with Gasteiger partial charge in [-0.3, -0.25) is 0 Å². The van der Waals surface area contributed by atoms with E-state index in [9.17, 15) is 0 Å². The van der Waals surface area contributed by atoms with Crippen LogP contribution in [0.3, 0.4) is 0 Å². The van der Waals surface area contributed by atoms with Crippen molar-refractivity contribution in [1.82, 2.24) is 4.90 Å². The number of nitrogens with zero attached hydrogens (tertiary/aromatic N) is 1. The minimum Gasteiger partial charge on any atom is -0.330 e. The molecule has 0 bridgehead atoms. The van der Waals surface area contributed by atoms with E-state index in [0.717, 1.165) is 6.54 Å². The Balaban J connectivity index is 1.90. The van der Waals surface area contributed by atoms with Gasteiger partial charge in [-0.05, 0) is 25.4 Å². The minimum atomic E-state index is 0.714. The molecule has 1 fully saturated rings. The molecule has 1 heterocycles. The van der Waals surface area contributed by atoms with Crippen LogP contribution in [0.2, 0.25) is 0 Å². The molecule has 2 heteroatoms. The summed E-state index contributed by atoms with van der Waals surface area (Å²) in [6.45, 7) is 6.95. The molecule has 2 N–H and O–H groups in total. The highest BCUT2D eigenvalue weighted by molar-refractivity contribution is 4.72. The summed E-state index contributed by atoms with van der Waals surface area (Å²) in [6.07, 6.45) is 1.27. The molecule has 0 aromatic rings. The number of hydrogen-bond donors (Lipinski definition) is 1. The van der Waals surface area contributed by atoms with Gasteiger partial charge in [0.2, 0.25) is 0 Å². The van der Waals surface area contributed by atoms with Gasteiger partial charge in [-0.1, -0.05) is 6.92 Å². The fourth-order valence-corrected chi connectivity index (χ4v) is 0.815. The molecule has 0 radical (unpaired) electrons. The number of hydrogen-bond acceptors (Lipinski definition) is 2. The maximum absolute atomic E-state index is 5.46. The van der Waals surface area contributed by atoms with Crippen LogP contribution >= 0.6 is 0 Å². The fourth-order valence-electron chi connectivity index (χ4n) is 0.815. The van der Waals surface area contributed by atoms with Crippen LogP contribution in [0.25, 0.3) is 0 Å². The lowest BCUT2D eigenvalue weighted by Gasteiger charge is -2.06. The fraction of sp³-hybridized carbons (Fsp3) is 1.00. The monoisotopic (exact) mass is 128 g/mol. The molecule has 0 amide bonds. The minimum absolute atomic E-state index is 0.714. The standard InChI is InChI=1S/C7H16N2/c1-7(6-8)2-3-9-4-5-9/h7H,2-6,8H2,1H3. The molecule has 1 aliphatic heterocycles. The molecule has 1 rings (SSSR count). The Labute approximate surface area is 57.0 Å². The number of nitrogens with two attached hydrogens (primary N) is 1. The summed E-state index contributed by atoms with van der Waals surface area (Å²) in [6, 6.07) is 0. The van der Waals surface area contributed by atoms with Crippen LogP contribution in [-0.4, -0.2) is 31.1 Å². The van der Waals surface area contributed by atoms with E-state index < -0.39 is 0 Å². The van der Waals surface area contributed by atoms with E-state index >= 15 is 0 Å². The molecule has 1 aliphatic rings. The summed E-state index contributed by atoms with van der Waals surface area (Å²) in [4.78, 5) is 2.44. The zero-order valence-electron chi connectivity index (χ0n) is 6.14.